The van der Waals surface area contributed by atoms with Crippen molar-refractivity contribution in [2.45, 2.75) is 53.4 Å². The van der Waals surface area contributed by atoms with Gasteiger partial charge in [-0.05, 0) is 26.7 Å². The van der Waals surface area contributed by atoms with Crippen molar-refractivity contribution >= 4 is 11.6 Å². The first-order valence-corrected chi connectivity index (χ1v) is 7.02. The molecule has 0 saturated carbocycles. The Hall–Kier alpha value is -1.32. The van der Waals surface area contributed by atoms with Gasteiger partial charge in [-0.2, -0.15) is 0 Å². The van der Waals surface area contributed by atoms with Gasteiger partial charge in [0.25, 0.3) is 0 Å². The van der Waals surface area contributed by atoms with Crippen LogP contribution in [-0.2, 0) is 0 Å². The van der Waals surface area contributed by atoms with Crippen molar-refractivity contribution in [3.8, 4) is 0 Å². The Bertz CT molecular complexity index is 363. The average Bonchev–Trinajstić information content (AvgIpc) is 2.36. The van der Waals surface area contributed by atoms with Crippen LogP contribution in [0.2, 0.25) is 0 Å². The number of nitrogens with one attached hydrogen (secondary N) is 2. The summed E-state index contributed by atoms with van der Waals surface area (Å²) in [7, 11) is 0. The standard InChI is InChI=1S/C14H26N4/c1-5-7-8-10-16-14-11(3)13(15-9-6-2)17-12(4)18-14/h5-10H2,1-4H3,(H2,15,16,17,18). The first-order chi connectivity index (χ1) is 8.69. The van der Waals surface area contributed by atoms with Crippen LogP contribution in [0.15, 0.2) is 0 Å². The van der Waals surface area contributed by atoms with Crippen molar-refractivity contribution in [3.05, 3.63) is 11.4 Å². The van der Waals surface area contributed by atoms with Gasteiger partial charge in [-0.3, -0.25) is 0 Å². The summed E-state index contributed by atoms with van der Waals surface area (Å²) in [5, 5.41) is 6.77. The summed E-state index contributed by atoms with van der Waals surface area (Å²) in [6.45, 7) is 10.3. The second kappa shape index (κ2) is 7.90. The number of hydrogen-bond acceptors (Lipinski definition) is 4. The maximum Gasteiger partial charge on any atom is 0.134 e. The maximum atomic E-state index is 4.48. The van der Waals surface area contributed by atoms with E-state index in [4.69, 9.17) is 0 Å². The van der Waals surface area contributed by atoms with Gasteiger partial charge in [0, 0.05) is 18.7 Å². The van der Waals surface area contributed by atoms with E-state index in [0.29, 0.717) is 0 Å². The van der Waals surface area contributed by atoms with Crippen LogP contribution in [0, 0.1) is 13.8 Å². The highest BCUT2D eigenvalue weighted by molar-refractivity contribution is 5.57. The van der Waals surface area contributed by atoms with Crippen LogP contribution in [0.4, 0.5) is 11.6 Å². The number of hydrogen-bond donors (Lipinski definition) is 2. The van der Waals surface area contributed by atoms with Gasteiger partial charge in [0.1, 0.15) is 17.5 Å². The van der Waals surface area contributed by atoms with Gasteiger partial charge >= 0.3 is 0 Å². The zero-order chi connectivity index (χ0) is 13.4. The summed E-state index contributed by atoms with van der Waals surface area (Å²) in [5.74, 6) is 2.75. The van der Waals surface area contributed by atoms with Crippen molar-refractivity contribution in [3.63, 3.8) is 0 Å². The molecule has 0 saturated heterocycles. The minimum atomic E-state index is 0.817. The highest BCUT2D eigenvalue weighted by atomic mass is 15.1. The van der Waals surface area contributed by atoms with E-state index >= 15 is 0 Å². The van der Waals surface area contributed by atoms with Gasteiger partial charge in [-0.1, -0.05) is 26.7 Å². The first kappa shape index (κ1) is 14.7. The summed E-state index contributed by atoms with van der Waals surface area (Å²) < 4.78 is 0. The SMILES string of the molecule is CCCCCNc1nc(C)nc(NCCC)c1C. The lowest BCUT2D eigenvalue weighted by Crippen LogP contribution is -2.11. The molecule has 0 unspecified atom stereocenters. The fourth-order valence-corrected chi connectivity index (χ4v) is 1.80. The molecule has 102 valence electrons. The van der Waals surface area contributed by atoms with Gasteiger partial charge in [-0.25, -0.2) is 9.97 Å². The van der Waals surface area contributed by atoms with E-state index in [1.165, 1.54) is 19.3 Å². The predicted octanol–water partition coefficient (Wildman–Crippen LogP) is 3.52. The Morgan fingerprint density at radius 3 is 2.00 bits per heavy atom. The average molecular weight is 250 g/mol. The van der Waals surface area contributed by atoms with E-state index in [1.807, 2.05) is 6.92 Å². The minimum Gasteiger partial charge on any atom is -0.370 e. The number of rotatable bonds is 8. The fourth-order valence-electron chi connectivity index (χ4n) is 1.80. The topological polar surface area (TPSA) is 49.8 Å². The zero-order valence-corrected chi connectivity index (χ0v) is 12.1. The second-order valence-electron chi connectivity index (χ2n) is 4.65. The van der Waals surface area contributed by atoms with Gasteiger partial charge in [0.2, 0.25) is 0 Å². The smallest absolute Gasteiger partial charge is 0.134 e. The molecular weight excluding hydrogens is 224 g/mol. The van der Waals surface area contributed by atoms with Crippen molar-refractivity contribution in [1.82, 2.24) is 9.97 Å². The van der Waals surface area contributed by atoms with Gasteiger partial charge in [-0.15, -0.1) is 0 Å². The molecule has 0 aromatic carbocycles. The molecule has 0 aliphatic heterocycles. The Balaban J connectivity index is 2.68. The van der Waals surface area contributed by atoms with Crippen LogP contribution in [0.3, 0.4) is 0 Å². The molecule has 0 atom stereocenters. The molecule has 18 heavy (non-hydrogen) atoms. The summed E-state index contributed by atoms with van der Waals surface area (Å²) in [5.41, 5.74) is 1.12. The van der Waals surface area contributed by atoms with E-state index < -0.39 is 0 Å². The molecular formula is C14H26N4. The lowest BCUT2D eigenvalue weighted by Gasteiger charge is -2.13. The van der Waals surface area contributed by atoms with Crippen LogP contribution in [0.1, 0.15) is 50.9 Å². The summed E-state index contributed by atoms with van der Waals surface area (Å²) in [6.07, 6.45) is 4.79. The maximum absolute atomic E-state index is 4.48. The molecule has 1 rings (SSSR count). The molecule has 4 nitrogen and oxygen atoms in total. The third-order valence-corrected chi connectivity index (χ3v) is 2.87. The quantitative estimate of drug-likeness (QED) is 0.693. The van der Waals surface area contributed by atoms with Crippen molar-refractivity contribution in [2.24, 2.45) is 0 Å². The molecule has 1 aromatic rings. The number of unbranched alkanes of at least 4 members (excludes halogenated alkanes) is 2. The molecule has 0 radical (unpaired) electrons. The van der Waals surface area contributed by atoms with E-state index in [1.54, 1.807) is 0 Å². The molecule has 0 aliphatic carbocycles. The molecule has 0 amide bonds. The molecule has 1 heterocycles. The summed E-state index contributed by atoms with van der Waals surface area (Å²) in [4.78, 5) is 8.93. The van der Waals surface area contributed by atoms with Crippen molar-refractivity contribution < 1.29 is 0 Å². The number of anilines is 2. The summed E-state index contributed by atoms with van der Waals surface area (Å²) >= 11 is 0. The number of aromatic nitrogens is 2. The Kier molecular flexibility index (Phi) is 6.47. The normalized spacial score (nSPS) is 10.4. The molecule has 4 heteroatoms. The Morgan fingerprint density at radius 1 is 0.833 bits per heavy atom. The molecule has 1 aromatic heterocycles. The number of aryl methyl sites for hydroxylation is 1. The highest BCUT2D eigenvalue weighted by Gasteiger charge is 2.07. The zero-order valence-electron chi connectivity index (χ0n) is 12.1. The van der Waals surface area contributed by atoms with Crippen LogP contribution >= 0.6 is 0 Å². The lowest BCUT2D eigenvalue weighted by atomic mass is 10.2. The minimum absolute atomic E-state index is 0.817. The Morgan fingerprint density at radius 2 is 1.44 bits per heavy atom. The molecule has 0 bridgehead atoms. The Labute approximate surface area is 111 Å². The van der Waals surface area contributed by atoms with E-state index in [-0.39, 0.29) is 0 Å². The van der Waals surface area contributed by atoms with E-state index in [9.17, 15) is 0 Å². The second-order valence-corrected chi connectivity index (χ2v) is 4.65. The fraction of sp³-hybridized carbons (Fsp3) is 0.714. The molecule has 0 fully saturated rings. The number of nitrogens with zero attached hydrogens (tertiary/aromatic N) is 2. The third-order valence-electron chi connectivity index (χ3n) is 2.87. The van der Waals surface area contributed by atoms with Gasteiger partial charge in [0.05, 0.1) is 0 Å². The monoisotopic (exact) mass is 250 g/mol. The lowest BCUT2D eigenvalue weighted by molar-refractivity contribution is 0.741. The van der Waals surface area contributed by atoms with Crippen LogP contribution in [-0.4, -0.2) is 23.1 Å². The molecule has 0 spiro atoms. The van der Waals surface area contributed by atoms with Crippen molar-refractivity contribution in [2.75, 3.05) is 23.7 Å². The van der Waals surface area contributed by atoms with E-state index in [2.05, 4.69) is 41.4 Å². The molecule has 0 aliphatic rings. The summed E-state index contributed by atoms with van der Waals surface area (Å²) in [6, 6.07) is 0. The van der Waals surface area contributed by atoms with Crippen LogP contribution in [0.25, 0.3) is 0 Å². The van der Waals surface area contributed by atoms with Crippen LogP contribution in [0.5, 0.6) is 0 Å². The highest BCUT2D eigenvalue weighted by Crippen LogP contribution is 2.19. The van der Waals surface area contributed by atoms with Gasteiger partial charge < -0.3 is 10.6 Å². The van der Waals surface area contributed by atoms with Crippen molar-refractivity contribution in [1.29, 1.82) is 0 Å². The van der Waals surface area contributed by atoms with Crippen LogP contribution < -0.4 is 10.6 Å². The largest absolute Gasteiger partial charge is 0.370 e. The molecule has 2 N–H and O–H groups in total. The predicted molar refractivity (Wildman–Crippen MR) is 78.3 cm³/mol. The third kappa shape index (κ3) is 4.51. The van der Waals surface area contributed by atoms with E-state index in [0.717, 1.165) is 42.5 Å². The van der Waals surface area contributed by atoms with Gasteiger partial charge in [0.15, 0.2) is 0 Å². The first-order valence-electron chi connectivity index (χ1n) is 7.02.